The maximum Gasteiger partial charge on any atom is 0.339 e. The quantitative estimate of drug-likeness (QED) is 0.729. The normalized spacial score (nSPS) is 10.0. The van der Waals surface area contributed by atoms with Crippen LogP contribution in [0.3, 0.4) is 0 Å². The highest BCUT2D eigenvalue weighted by Gasteiger charge is 2.18. The highest BCUT2D eigenvalue weighted by molar-refractivity contribution is 6.03. The molecule has 0 aromatic heterocycles. The Balaban J connectivity index is 2.29. The van der Waals surface area contributed by atoms with Crippen molar-refractivity contribution in [2.45, 2.75) is 6.42 Å². The number of hydrogen-bond donors (Lipinski definition) is 1. The second kappa shape index (κ2) is 9.40. The van der Waals surface area contributed by atoms with Gasteiger partial charge in [-0.15, -0.1) is 0 Å². The van der Waals surface area contributed by atoms with E-state index in [0.717, 1.165) is 0 Å². The van der Waals surface area contributed by atoms with Crippen molar-refractivity contribution in [3.63, 3.8) is 0 Å². The molecular formula is C20H21NO7. The van der Waals surface area contributed by atoms with Crippen molar-refractivity contribution in [3.05, 3.63) is 53.1 Å². The zero-order chi connectivity index (χ0) is 20.7. The average Bonchev–Trinajstić information content (AvgIpc) is 2.72. The molecule has 0 unspecified atom stereocenters. The topological polar surface area (TPSA) is 100 Å². The average molecular weight is 387 g/mol. The lowest BCUT2D eigenvalue weighted by Gasteiger charge is -2.13. The number of ether oxygens (including phenoxy) is 4. The summed E-state index contributed by atoms with van der Waals surface area (Å²) in [5, 5.41) is 2.64. The summed E-state index contributed by atoms with van der Waals surface area (Å²) >= 11 is 0. The minimum absolute atomic E-state index is 0.0176. The van der Waals surface area contributed by atoms with Gasteiger partial charge in [0.15, 0.2) is 0 Å². The summed E-state index contributed by atoms with van der Waals surface area (Å²) in [6.07, 6.45) is -0.0176. The second-order valence-electron chi connectivity index (χ2n) is 5.65. The molecule has 0 saturated heterocycles. The summed E-state index contributed by atoms with van der Waals surface area (Å²) < 4.78 is 19.8. The van der Waals surface area contributed by atoms with Crippen molar-refractivity contribution in [2.24, 2.45) is 0 Å². The van der Waals surface area contributed by atoms with Gasteiger partial charge in [-0.2, -0.15) is 0 Å². The molecule has 2 aromatic rings. The zero-order valence-corrected chi connectivity index (χ0v) is 16.0. The van der Waals surface area contributed by atoms with E-state index in [1.807, 2.05) is 0 Å². The zero-order valence-electron chi connectivity index (χ0n) is 16.0. The maximum absolute atomic E-state index is 12.6. The number of methoxy groups -OCH3 is 4. The fourth-order valence-corrected chi connectivity index (χ4v) is 2.55. The summed E-state index contributed by atoms with van der Waals surface area (Å²) in [6.45, 7) is 0. The van der Waals surface area contributed by atoms with Crippen molar-refractivity contribution in [3.8, 4) is 11.5 Å². The molecule has 0 atom stereocenters. The molecule has 28 heavy (non-hydrogen) atoms. The molecule has 2 aromatic carbocycles. The van der Waals surface area contributed by atoms with Gasteiger partial charge in [0.05, 0.1) is 51.7 Å². The van der Waals surface area contributed by atoms with Crippen molar-refractivity contribution >= 4 is 23.5 Å². The van der Waals surface area contributed by atoms with Gasteiger partial charge in [-0.3, -0.25) is 4.79 Å². The summed E-state index contributed by atoms with van der Waals surface area (Å²) in [5.41, 5.74) is 1.08. The summed E-state index contributed by atoms with van der Waals surface area (Å²) in [6, 6.07) is 9.26. The van der Waals surface area contributed by atoms with Gasteiger partial charge in [0.25, 0.3) is 0 Å². The third-order valence-corrected chi connectivity index (χ3v) is 3.97. The number of anilines is 1. The van der Waals surface area contributed by atoms with E-state index in [4.69, 9.17) is 14.2 Å². The van der Waals surface area contributed by atoms with E-state index in [9.17, 15) is 14.4 Å². The maximum atomic E-state index is 12.6. The van der Waals surface area contributed by atoms with Gasteiger partial charge >= 0.3 is 11.9 Å². The van der Waals surface area contributed by atoms with Crippen LogP contribution in [0.1, 0.15) is 26.3 Å². The first kappa shape index (κ1) is 20.8. The third-order valence-electron chi connectivity index (χ3n) is 3.97. The van der Waals surface area contributed by atoms with Gasteiger partial charge in [-0.1, -0.05) is 6.07 Å². The molecule has 1 N–H and O–H groups in total. The number of hydrogen-bond acceptors (Lipinski definition) is 7. The van der Waals surface area contributed by atoms with Gasteiger partial charge in [0.1, 0.15) is 11.5 Å². The summed E-state index contributed by atoms with van der Waals surface area (Å²) in [7, 11) is 5.49. The Morgan fingerprint density at radius 3 is 2.18 bits per heavy atom. The van der Waals surface area contributed by atoms with Gasteiger partial charge in [-0.25, -0.2) is 9.59 Å². The highest BCUT2D eigenvalue weighted by atomic mass is 16.5. The van der Waals surface area contributed by atoms with Gasteiger partial charge in [0.2, 0.25) is 5.91 Å². The molecule has 8 heteroatoms. The van der Waals surface area contributed by atoms with E-state index in [2.05, 4.69) is 10.1 Å². The number of esters is 2. The fourth-order valence-electron chi connectivity index (χ4n) is 2.55. The molecule has 1 amide bonds. The highest BCUT2D eigenvalue weighted by Crippen LogP contribution is 2.26. The Hall–Kier alpha value is -3.55. The van der Waals surface area contributed by atoms with Gasteiger partial charge in [0, 0.05) is 11.6 Å². The Kier molecular flexibility index (Phi) is 6.97. The van der Waals surface area contributed by atoms with Crippen LogP contribution in [-0.4, -0.2) is 46.3 Å². The lowest BCUT2D eigenvalue weighted by Crippen LogP contribution is -2.18. The standard InChI is InChI=1S/C20H21NO7/c1-25-14-7-5-12(17(11-14)26-2)10-18(22)21-16-9-13(19(23)27-3)6-8-15(16)20(24)28-4/h5-9,11H,10H2,1-4H3,(H,21,22). The van der Waals surface area contributed by atoms with Crippen LogP contribution in [0.15, 0.2) is 36.4 Å². The van der Waals surface area contributed by atoms with E-state index >= 15 is 0 Å². The van der Waals surface area contributed by atoms with Gasteiger partial charge < -0.3 is 24.3 Å². The van der Waals surface area contributed by atoms with Crippen LogP contribution in [-0.2, 0) is 20.7 Å². The SMILES string of the molecule is COC(=O)c1ccc(C(=O)OC)c(NC(=O)Cc2ccc(OC)cc2OC)c1. The predicted octanol–water partition coefficient (Wildman–Crippen LogP) is 2.46. The molecule has 0 spiro atoms. The van der Waals surface area contributed by atoms with Crippen molar-refractivity contribution in [1.29, 1.82) is 0 Å². The fraction of sp³-hybridized carbons (Fsp3) is 0.250. The molecule has 2 rings (SSSR count). The van der Waals surface area contributed by atoms with E-state index in [-0.39, 0.29) is 23.2 Å². The first-order chi connectivity index (χ1) is 13.4. The number of carbonyl (C=O) groups is 3. The van der Waals surface area contributed by atoms with Crippen LogP contribution < -0.4 is 14.8 Å². The van der Waals surface area contributed by atoms with Crippen LogP contribution in [0.5, 0.6) is 11.5 Å². The first-order valence-electron chi connectivity index (χ1n) is 8.25. The van der Waals surface area contributed by atoms with E-state index in [1.54, 1.807) is 18.2 Å². The van der Waals surface area contributed by atoms with Crippen LogP contribution in [0.25, 0.3) is 0 Å². The lowest BCUT2D eigenvalue weighted by molar-refractivity contribution is -0.115. The van der Waals surface area contributed by atoms with Crippen molar-refractivity contribution < 1.29 is 33.3 Å². The minimum atomic E-state index is -0.645. The molecule has 0 heterocycles. The van der Waals surface area contributed by atoms with Crippen LogP contribution in [0, 0.1) is 0 Å². The molecule has 0 aliphatic carbocycles. The van der Waals surface area contributed by atoms with Crippen LogP contribution in [0.2, 0.25) is 0 Å². The Labute approximate surface area is 162 Å². The third kappa shape index (κ3) is 4.79. The Morgan fingerprint density at radius 2 is 1.57 bits per heavy atom. The molecule has 148 valence electrons. The molecule has 0 fully saturated rings. The Bertz CT molecular complexity index is 892. The number of benzene rings is 2. The monoisotopic (exact) mass is 387 g/mol. The lowest BCUT2D eigenvalue weighted by atomic mass is 10.1. The van der Waals surface area contributed by atoms with Crippen LogP contribution in [0.4, 0.5) is 5.69 Å². The summed E-state index contributed by atoms with van der Waals surface area (Å²) in [5.74, 6) is -0.557. The molecule has 0 saturated carbocycles. The number of carbonyl (C=O) groups excluding carboxylic acids is 3. The van der Waals surface area contributed by atoms with E-state index < -0.39 is 17.8 Å². The van der Waals surface area contributed by atoms with Crippen molar-refractivity contribution in [2.75, 3.05) is 33.8 Å². The van der Waals surface area contributed by atoms with E-state index in [1.165, 1.54) is 46.6 Å². The number of rotatable bonds is 7. The van der Waals surface area contributed by atoms with E-state index in [0.29, 0.717) is 17.1 Å². The largest absolute Gasteiger partial charge is 0.497 e. The smallest absolute Gasteiger partial charge is 0.339 e. The molecule has 0 aliphatic rings. The number of amides is 1. The molecule has 0 radical (unpaired) electrons. The molecular weight excluding hydrogens is 366 g/mol. The summed E-state index contributed by atoms with van der Waals surface area (Å²) in [4.78, 5) is 36.3. The molecule has 0 aliphatic heterocycles. The minimum Gasteiger partial charge on any atom is -0.497 e. The van der Waals surface area contributed by atoms with Crippen LogP contribution >= 0.6 is 0 Å². The number of nitrogens with one attached hydrogen (secondary N) is 1. The first-order valence-corrected chi connectivity index (χ1v) is 8.25. The predicted molar refractivity (Wildman–Crippen MR) is 101 cm³/mol. The Morgan fingerprint density at radius 1 is 0.857 bits per heavy atom. The van der Waals surface area contributed by atoms with Gasteiger partial charge in [-0.05, 0) is 24.3 Å². The second-order valence-corrected chi connectivity index (χ2v) is 5.65. The molecule has 0 bridgehead atoms. The van der Waals surface area contributed by atoms with Crippen molar-refractivity contribution in [1.82, 2.24) is 0 Å². The molecule has 8 nitrogen and oxygen atoms in total.